The average Bonchev–Trinajstić information content (AvgIpc) is 3.38. The molecule has 1 aliphatic carbocycles. The van der Waals surface area contributed by atoms with E-state index in [-0.39, 0.29) is 17.7 Å². The third-order valence-corrected chi connectivity index (χ3v) is 4.57. The van der Waals surface area contributed by atoms with E-state index in [1.807, 2.05) is 30.3 Å². The van der Waals surface area contributed by atoms with E-state index in [0.717, 1.165) is 12.0 Å². The number of amides is 3. The highest BCUT2D eigenvalue weighted by atomic mass is 35.5. The Morgan fingerprint density at radius 2 is 1.71 bits per heavy atom. The first-order chi connectivity index (χ1) is 11.5. The highest BCUT2D eigenvalue weighted by Crippen LogP contribution is 2.47. The molecule has 1 saturated carbocycles. The molecule has 7 heteroatoms. The molecule has 3 N–H and O–H groups in total. The van der Waals surface area contributed by atoms with Gasteiger partial charge in [0.25, 0.3) is 0 Å². The third kappa shape index (κ3) is 3.99. The van der Waals surface area contributed by atoms with Crippen LogP contribution in [0.5, 0.6) is 0 Å². The molecule has 0 bridgehead atoms. The molecule has 2 aromatic carbocycles. The fraction of sp³-hybridized carbons (Fsp3) is 0.176. The first-order valence-electron chi connectivity index (χ1n) is 7.41. The van der Waals surface area contributed by atoms with E-state index >= 15 is 0 Å². The Labute approximate surface area is 149 Å². The second-order valence-electron chi connectivity index (χ2n) is 5.56. The van der Waals surface area contributed by atoms with Crippen molar-refractivity contribution >= 4 is 40.8 Å². The van der Waals surface area contributed by atoms with Crippen molar-refractivity contribution in [1.29, 1.82) is 0 Å². The van der Waals surface area contributed by atoms with Gasteiger partial charge < -0.3 is 5.32 Å². The van der Waals surface area contributed by atoms with Gasteiger partial charge in [-0.15, -0.1) is 0 Å². The van der Waals surface area contributed by atoms with E-state index in [2.05, 4.69) is 16.2 Å². The van der Waals surface area contributed by atoms with Crippen LogP contribution in [0.15, 0.2) is 48.5 Å². The van der Waals surface area contributed by atoms with E-state index < -0.39 is 6.03 Å². The lowest BCUT2D eigenvalue weighted by molar-refractivity contribution is -0.123. The maximum atomic E-state index is 12.1. The molecule has 2 unspecified atom stereocenters. The predicted molar refractivity (Wildman–Crippen MR) is 94.0 cm³/mol. The van der Waals surface area contributed by atoms with Gasteiger partial charge >= 0.3 is 6.03 Å². The lowest BCUT2D eigenvalue weighted by atomic mass is 10.1. The highest BCUT2D eigenvalue weighted by molar-refractivity contribution is 6.42. The minimum absolute atomic E-state index is 0.113. The van der Waals surface area contributed by atoms with Gasteiger partial charge in [0.1, 0.15) is 0 Å². The molecule has 2 aromatic rings. The molecule has 3 amide bonds. The van der Waals surface area contributed by atoms with Crippen molar-refractivity contribution in [1.82, 2.24) is 10.9 Å². The van der Waals surface area contributed by atoms with Gasteiger partial charge in [-0.1, -0.05) is 53.5 Å². The summed E-state index contributed by atoms with van der Waals surface area (Å²) in [5.41, 5.74) is 6.38. The summed E-state index contributed by atoms with van der Waals surface area (Å²) >= 11 is 11.7. The number of carbonyl (C=O) groups excluding carboxylic acids is 2. The van der Waals surface area contributed by atoms with Gasteiger partial charge in [-0.2, -0.15) is 0 Å². The van der Waals surface area contributed by atoms with Gasteiger partial charge in [-0.3, -0.25) is 10.2 Å². The molecule has 1 aliphatic rings. The summed E-state index contributed by atoms with van der Waals surface area (Å²) in [7, 11) is 0. The second-order valence-corrected chi connectivity index (χ2v) is 6.37. The predicted octanol–water partition coefficient (Wildman–Crippen LogP) is 3.95. The number of halogens is 2. The number of benzene rings is 2. The molecule has 0 radical (unpaired) electrons. The minimum Gasteiger partial charge on any atom is -0.307 e. The molecule has 124 valence electrons. The molecule has 1 fully saturated rings. The van der Waals surface area contributed by atoms with E-state index in [1.54, 1.807) is 12.1 Å². The van der Waals surface area contributed by atoms with Crippen molar-refractivity contribution in [3.8, 4) is 0 Å². The first-order valence-corrected chi connectivity index (χ1v) is 8.17. The van der Waals surface area contributed by atoms with Crippen LogP contribution >= 0.6 is 23.2 Å². The summed E-state index contributed by atoms with van der Waals surface area (Å²) in [4.78, 5) is 23.8. The number of hydrogen-bond acceptors (Lipinski definition) is 2. The second kappa shape index (κ2) is 7.11. The Bertz CT molecular complexity index is 768. The smallest absolute Gasteiger partial charge is 0.307 e. The summed E-state index contributed by atoms with van der Waals surface area (Å²) in [5, 5.41) is 3.29. The van der Waals surface area contributed by atoms with Crippen LogP contribution in [0, 0.1) is 5.92 Å². The quantitative estimate of drug-likeness (QED) is 0.722. The molecule has 5 nitrogen and oxygen atoms in total. The average molecular weight is 364 g/mol. The van der Waals surface area contributed by atoms with Gasteiger partial charge in [0.15, 0.2) is 0 Å². The lowest BCUT2D eigenvalue weighted by Crippen LogP contribution is -2.44. The lowest BCUT2D eigenvalue weighted by Gasteiger charge is -2.09. The molecule has 2 atom stereocenters. The fourth-order valence-corrected chi connectivity index (χ4v) is 2.80. The Balaban J connectivity index is 1.46. The molecule has 24 heavy (non-hydrogen) atoms. The SMILES string of the molecule is O=C(NNC(=O)C1CC1c1ccccc1)Nc1ccc(Cl)c(Cl)c1. The van der Waals surface area contributed by atoms with Gasteiger partial charge in [0.2, 0.25) is 5.91 Å². The van der Waals surface area contributed by atoms with Crippen LogP contribution in [-0.2, 0) is 4.79 Å². The molecule has 0 aromatic heterocycles. The van der Waals surface area contributed by atoms with Crippen LogP contribution in [0.2, 0.25) is 10.0 Å². The molecule has 0 saturated heterocycles. The van der Waals surface area contributed by atoms with Crippen LogP contribution in [-0.4, -0.2) is 11.9 Å². The monoisotopic (exact) mass is 363 g/mol. The van der Waals surface area contributed by atoms with Gasteiger partial charge in [-0.25, -0.2) is 10.2 Å². The van der Waals surface area contributed by atoms with Crippen LogP contribution in [0.1, 0.15) is 17.9 Å². The van der Waals surface area contributed by atoms with Crippen LogP contribution < -0.4 is 16.2 Å². The van der Waals surface area contributed by atoms with Crippen molar-refractivity contribution in [3.63, 3.8) is 0 Å². The van der Waals surface area contributed by atoms with Crippen molar-refractivity contribution in [2.24, 2.45) is 5.92 Å². The van der Waals surface area contributed by atoms with E-state index in [4.69, 9.17) is 23.2 Å². The molecular weight excluding hydrogens is 349 g/mol. The normalized spacial score (nSPS) is 18.6. The van der Waals surface area contributed by atoms with Crippen molar-refractivity contribution < 1.29 is 9.59 Å². The number of anilines is 1. The molecule has 0 heterocycles. The van der Waals surface area contributed by atoms with E-state index in [9.17, 15) is 9.59 Å². The van der Waals surface area contributed by atoms with Crippen molar-refractivity contribution in [2.75, 3.05) is 5.32 Å². The van der Waals surface area contributed by atoms with Gasteiger partial charge in [-0.05, 0) is 36.1 Å². The number of nitrogens with one attached hydrogen (secondary N) is 3. The van der Waals surface area contributed by atoms with Crippen LogP contribution in [0.3, 0.4) is 0 Å². The zero-order valence-electron chi connectivity index (χ0n) is 12.6. The zero-order valence-corrected chi connectivity index (χ0v) is 14.1. The van der Waals surface area contributed by atoms with Crippen LogP contribution in [0.25, 0.3) is 0 Å². The summed E-state index contributed by atoms with van der Waals surface area (Å²) in [6, 6.07) is 14.0. The molecule has 0 aliphatic heterocycles. The maximum Gasteiger partial charge on any atom is 0.337 e. The van der Waals surface area contributed by atoms with E-state index in [0.29, 0.717) is 15.7 Å². The Morgan fingerprint density at radius 3 is 2.42 bits per heavy atom. The van der Waals surface area contributed by atoms with Gasteiger partial charge in [0.05, 0.1) is 10.0 Å². The number of rotatable bonds is 3. The maximum absolute atomic E-state index is 12.1. The number of carbonyl (C=O) groups is 2. The largest absolute Gasteiger partial charge is 0.337 e. The topological polar surface area (TPSA) is 70.2 Å². The summed E-state index contributed by atoms with van der Waals surface area (Å²) in [5.74, 6) is -0.100. The standard InChI is InChI=1S/C17H15Cl2N3O2/c18-14-7-6-11(8-15(14)19)20-17(24)22-21-16(23)13-9-12(13)10-4-2-1-3-5-10/h1-8,12-13H,9H2,(H,21,23)(H2,20,22,24). The first kappa shape index (κ1) is 16.6. The highest BCUT2D eigenvalue weighted by Gasteiger charge is 2.43. The van der Waals surface area contributed by atoms with Gasteiger partial charge in [0, 0.05) is 11.6 Å². The van der Waals surface area contributed by atoms with Crippen molar-refractivity contribution in [2.45, 2.75) is 12.3 Å². The Kier molecular flexibility index (Phi) is 4.92. The fourth-order valence-electron chi connectivity index (χ4n) is 2.50. The summed E-state index contributed by atoms with van der Waals surface area (Å²) < 4.78 is 0. The summed E-state index contributed by atoms with van der Waals surface area (Å²) in [6.45, 7) is 0. The van der Waals surface area contributed by atoms with E-state index in [1.165, 1.54) is 6.07 Å². The Hall–Kier alpha value is -2.24. The van der Waals surface area contributed by atoms with Crippen molar-refractivity contribution in [3.05, 3.63) is 64.1 Å². The number of urea groups is 1. The number of hydrogen-bond donors (Lipinski definition) is 3. The molecule has 3 rings (SSSR count). The third-order valence-electron chi connectivity index (χ3n) is 3.83. The van der Waals surface area contributed by atoms with Crippen LogP contribution in [0.4, 0.5) is 10.5 Å². The summed E-state index contributed by atoms with van der Waals surface area (Å²) in [6.07, 6.45) is 0.784. The minimum atomic E-state index is -0.557. The zero-order chi connectivity index (χ0) is 17.1. The molecular formula is C17H15Cl2N3O2. The molecule has 0 spiro atoms. The Morgan fingerprint density at radius 1 is 0.958 bits per heavy atom. The number of hydrazine groups is 1.